The lowest BCUT2D eigenvalue weighted by atomic mass is 9.73. The van der Waals surface area contributed by atoms with Crippen LogP contribution >= 0.6 is 0 Å². The topological polar surface area (TPSA) is 108 Å². The minimum atomic E-state index is -0.914. The molecule has 0 bridgehead atoms. The van der Waals surface area contributed by atoms with Crippen LogP contribution in [-0.4, -0.2) is 60.4 Å². The van der Waals surface area contributed by atoms with Crippen molar-refractivity contribution in [1.82, 2.24) is 15.5 Å². The lowest BCUT2D eigenvalue weighted by molar-refractivity contribution is -0.137. The van der Waals surface area contributed by atoms with Crippen molar-refractivity contribution in [2.24, 2.45) is 5.92 Å². The first-order chi connectivity index (χ1) is 14.4. The summed E-state index contributed by atoms with van der Waals surface area (Å²) in [7, 11) is 1.50. The van der Waals surface area contributed by atoms with Crippen LogP contribution in [0.3, 0.4) is 0 Å². The third-order valence-corrected chi connectivity index (χ3v) is 6.41. The predicted octanol–water partition coefficient (Wildman–Crippen LogP) is 1.03. The van der Waals surface area contributed by atoms with E-state index in [1.54, 1.807) is 24.3 Å². The van der Waals surface area contributed by atoms with Gasteiger partial charge in [-0.05, 0) is 30.9 Å². The zero-order valence-corrected chi connectivity index (χ0v) is 17.1. The molecule has 2 heterocycles. The first kappa shape index (κ1) is 20.2. The molecule has 1 spiro atoms. The largest absolute Gasteiger partial charge is 0.477 e. The van der Waals surface area contributed by atoms with Crippen molar-refractivity contribution in [3.8, 4) is 5.75 Å². The molecular formula is C21H26N4O5. The number of anilines is 1. The smallest absolute Gasteiger partial charge is 0.325 e. The fourth-order valence-electron chi connectivity index (χ4n) is 4.63. The van der Waals surface area contributed by atoms with Gasteiger partial charge in [-0.2, -0.15) is 0 Å². The molecule has 3 atom stereocenters. The number of likely N-dealkylation sites (N-methyl/N-ethyl adjacent to an activating group) is 1. The SMILES string of the molecule is CNC(=O)[C@H]1CN(C(=O)CN2C(=O)N[C@@]3(CCCC[C@@H]3C)C2=O)c2ccccc2O1. The molecule has 160 valence electrons. The minimum absolute atomic E-state index is 0.000709. The molecule has 9 nitrogen and oxygen atoms in total. The van der Waals surface area contributed by atoms with Crippen molar-refractivity contribution in [3.05, 3.63) is 24.3 Å². The molecule has 30 heavy (non-hydrogen) atoms. The first-order valence-electron chi connectivity index (χ1n) is 10.3. The van der Waals surface area contributed by atoms with E-state index < -0.39 is 23.6 Å². The summed E-state index contributed by atoms with van der Waals surface area (Å²) in [5, 5.41) is 5.39. The number of ether oxygens (including phenoxy) is 1. The van der Waals surface area contributed by atoms with Gasteiger partial charge < -0.3 is 20.3 Å². The monoisotopic (exact) mass is 414 g/mol. The van der Waals surface area contributed by atoms with Gasteiger partial charge in [0.1, 0.15) is 17.8 Å². The van der Waals surface area contributed by atoms with Crippen LogP contribution in [0.1, 0.15) is 32.6 Å². The molecule has 4 rings (SSSR count). The Kier molecular flexibility index (Phi) is 5.13. The highest BCUT2D eigenvalue weighted by atomic mass is 16.5. The summed E-state index contributed by atoms with van der Waals surface area (Å²) in [6.07, 6.45) is 2.46. The van der Waals surface area contributed by atoms with E-state index >= 15 is 0 Å². The van der Waals surface area contributed by atoms with Crippen LogP contribution in [0.25, 0.3) is 0 Å². The highest BCUT2D eigenvalue weighted by molar-refractivity contribution is 6.11. The molecule has 1 saturated carbocycles. The van der Waals surface area contributed by atoms with Crippen LogP contribution in [-0.2, 0) is 14.4 Å². The van der Waals surface area contributed by atoms with Gasteiger partial charge in [0.2, 0.25) is 5.91 Å². The third-order valence-electron chi connectivity index (χ3n) is 6.41. The molecular weight excluding hydrogens is 388 g/mol. The van der Waals surface area contributed by atoms with Gasteiger partial charge in [0.15, 0.2) is 6.10 Å². The third kappa shape index (κ3) is 3.18. The summed E-state index contributed by atoms with van der Waals surface area (Å²) >= 11 is 0. The molecule has 5 amide bonds. The van der Waals surface area contributed by atoms with Crippen molar-refractivity contribution in [2.45, 2.75) is 44.2 Å². The predicted molar refractivity (Wildman–Crippen MR) is 108 cm³/mol. The highest BCUT2D eigenvalue weighted by Gasteiger charge is 2.55. The van der Waals surface area contributed by atoms with E-state index in [1.807, 2.05) is 6.92 Å². The zero-order chi connectivity index (χ0) is 21.5. The second-order valence-electron chi connectivity index (χ2n) is 8.13. The van der Waals surface area contributed by atoms with Crippen LogP contribution < -0.4 is 20.3 Å². The minimum Gasteiger partial charge on any atom is -0.477 e. The molecule has 1 aliphatic carbocycles. The number of para-hydroxylation sites is 2. The van der Waals surface area contributed by atoms with Gasteiger partial charge in [-0.25, -0.2) is 4.79 Å². The van der Waals surface area contributed by atoms with E-state index in [4.69, 9.17) is 4.74 Å². The number of benzene rings is 1. The van der Waals surface area contributed by atoms with Gasteiger partial charge in [0, 0.05) is 7.05 Å². The Labute approximate surface area is 174 Å². The van der Waals surface area contributed by atoms with Crippen LogP contribution in [0.2, 0.25) is 0 Å². The Morgan fingerprint density at radius 1 is 1.27 bits per heavy atom. The number of urea groups is 1. The van der Waals surface area contributed by atoms with Gasteiger partial charge >= 0.3 is 6.03 Å². The molecule has 2 aliphatic heterocycles. The van der Waals surface area contributed by atoms with Crippen molar-refractivity contribution >= 4 is 29.4 Å². The molecule has 9 heteroatoms. The number of hydrogen-bond donors (Lipinski definition) is 2. The maximum absolute atomic E-state index is 13.2. The number of rotatable bonds is 3. The number of imide groups is 1. The van der Waals surface area contributed by atoms with E-state index in [1.165, 1.54) is 11.9 Å². The Bertz CT molecular complexity index is 903. The van der Waals surface area contributed by atoms with Crippen molar-refractivity contribution in [1.29, 1.82) is 0 Å². The number of carbonyl (C=O) groups excluding carboxylic acids is 4. The Morgan fingerprint density at radius 2 is 2.03 bits per heavy atom. The maximum atomic E-state index is 13.2. The summed E-state index contributed by atoms with van der Waals surface area (Å²) in [6, 6.07) is 6.36. The fourth-order valence-corrected chi connectivity index (χ4v) is 4.63. The molecule has 1 aromatic carbocycles. The van der Waals surface area contributed by atoms with Gasteiger partial charge in [-0.1, -0.05) is 31.9 Å². The average Bonchev–Trinajstić information content (AvgIpc) is 2.99. The van der Waals surface area contributed by atoms with Crippen LogP contribution in [0, 0.1) is 5.92 Å². The molecule has 0 radical (unpaired) electrons. The molecule has 2 N–H and O–H groups in total. The number of hydrogen-bond acceptors (Lipinski definition) is 5. The van der Waals surface area contributed by atoms with E-state index in [9.17, 15) is 19.2 Å². The summed E-state index contributed by atoms with van der Waals surface area (Å²) in [4.78, 5) is 53.5. The van der Waals surface area contributed by atoms with Gasteiger partial charge in [-0.3, -0.25) is 19.3 Å². The number of carbonyl (C=O) groups is 4. The van der Waals surface area contributed by atoms with E-state index in [2.05, 4.69) is 10.6 Å². The number of nitrogens with zero attached hydrogens (tertiary/aromatic N) is 2. The Morgan fingerprint density at radius 3 is 2.77 bits per heavy atom. The average molecular weight is 414 g/mol. The standard InChI is InChI=1S/C21H26N4O5/c1-13-7-5-6-10-21(13)19(28)25(20(29)23-21)12-17(26)24-11-16(18(27)22-2)30-15-9-4-3-8-14(15)24/h3-4,8-9,13,16H,5-7,10-12H2,1-2H3,(H,22,27)(H,23,29)/t13-,16+,21+/m0/s1. The summed E-state index contributed by atoms with van der Waals surface area (Å²) < 4.78 is 5.72. The Balaban J connectivity index is 1.56. The van der Waals surface area contributed by atoms with Crippen LogP contribution in [0.4, 0.5) is 10.5 Å². The normalized spacial score (nSPS) is 28.1. The van der Waals surface area contributed by atoms with Gasteiger partial charge in [-0.15, -0.1) is 0 Å². The molecule has 0 unspecified atom stereocenters. The molecule has 2 fully saturated rings. The van der Waals surface area contributed by atoms with Crippen molar-refractivity contribution in [3.63, 3.8) is 0 Å². The lowest BCUT2D eigenvalue weighted by Gasteiger charge is -2.37. The second kappa shape index (κ2) is 7.62. The number of nitrogens with one attached hydrogen (secondary N) is 2. The first-order valence-corrected chi connectivity index (χ1v) is 10.3. The maximum Gasteiger partial charge on any atom is 0.325 e. The fraction of sp³-hybridized carbons (Fsp3) is 0.524. The molecule has 0 aromatic heterocycles. The molecule has 3 aliphatic rings. The summed E-state index contributed by atoms with van der Waals surface area (Å²) in [5.41, 5.74) is -0.404. The van der Waals surface area contributed by atoms with Gasteiger partial charge in [0.25, 0.3) is 11.8 Å². The quantitative estimate of drug-likeness (QED) is 0.718. The second-order valence-corrected chi connectivity index (χ2v) is 8.13. The van der Waals surface area contributed by atoms with E-state index in [-0.39, 0.29) is 30.8 Å². The highest BCUT2D eigenvalue weighted by Crippen LogP contribution is 2.38. The van der Waals surface area contributed by atoms with Crippen molar-refractivity contribution in [2.75, 3.05) is 25.0 Å². The van der Waals surface area contributed by atoms with E-state index in [0.29, 0.717) is 17.9 Å². The van der Waals surface area contributed by atoms with Crippen LogP contribution in [0.5, 0.6) is 5.75 Å². The van der Waals surface area contributed by atoms with Crippen LogP contribution in [0.15, 0.2) is 24.3 Å². The zero-order valence-electron chi connectivity index (χ0n) is 17.1. The molecule has 1 saturated heterocycles. The molecule has 1 aromatic rings. The number of amides is 5. The number of fused-ring (bicyclic) bond motifs is 1. The summed E-state index contributed by atoms with van der Waals surface area (Å²) in [5.74, 6) is -0.710. The lowest BCUT2D eigenvalue weighted by Crippen LogP contribution is -2.55. The van der Waals surface area contributed by atoms with Crippen molar-refractivity contribution < 1.29 is 23.9 Å². The van der Waals surface area contributed by atoms with Gasteiger partial charge in [0.05, 0.1) is 12.2 Å². The van der Waals surface area contributed by atoms with E-state index in [0.717, 1.165) is 24.2 Å². The Hall–Kier alpha value is -3.10. The summed E-state index contributed by atoms with van der Waals surface area (Å²) in [6.45, 7) is 1.59.